The first kappa shape index (κ1) is 10.4. The minimum Gasteiger partial charge on any atom is -0.395 e. The van der Waals surface area contributed by atoms with Gasteiger partial charge in [-0.15, -0.1) is 0 Å². The maximum absolute atomic E-state index is 9.03. The predicted molar refractivity (Wildman–Crippen MR) is 54.7 cm³/mol. The van der Waals surface area contributed by atoms with Crippen LogP contribution in [0.5, 0.6) is 0 Å². The van der Waals surface area contributed by atoms with Gasteiger partial charge in [0.1, 0.15) is 0 Å². The molecule has 3 heteroatoms. The maximum Gasteiger partial charge on any atom is 0.0562 e. The molecule has 1 saturated heterocycles. The first-order valence-electron chi connectivity index (χ1n) is 4.51. The van der Waals surface area contributed by atoms with Crippen molar-refractivity contribution in [3.63, 3.8) is 0 Å². The summed E-state index contributed by atoms with van der Waals surface area (Å²) in [7, 11) is 0. The topological polar surface area (TPSA) is 23.5 Å². The molecule has 0 amide bonds. The van der Waals surface area contributed by atoms with Crippen LogP contribution in [0.1, 0.15) is 20.8 Å². The van der Waals surface area contributed by atoms with E-state index in [2.05, 4.69) is 25.7 Å². The minimum atomic E-state index is 0.258. The molecule has 0 aliphatic carbocycles. The summed E-state index contributed by atoms with van der Waals surface area (Å²) in [4.78, 5) is 2.45. The first-order valence-corrected chi connectivity index (χ1v) is 5.56. The van der Waals surface area contributed by atoms with Crippen molar-refractivity contribution in [1.82, 2.24) is 4.90 Å². The Morgan fingerprint density at radius 2 is 2.17 bits per heavy atom. The predicted octanol–water partition coefficient (Wildman–Crippen LogP) is 1.19. The summed E-state index contributed by atoms with van der Waals surface area (Å²) in [6, 6.07) is 0. The average molecular weight is 189 g/mol. The van der Waals surface area contributed by atoms with Crippen molar-refractivity contribution in [2.24, 2.45) is 0 Å². The molecule has 1 aliphatic heterocycles. The normalized spacial score (nSPS) is 27.5. The molecular weight excluding hydrogens is 170 g/mol. The number of thioether (sulfide) groups is 1. The van der Waals surface area contributed by atoms with Crippen molar-refractivity contribution in [2.75, 3.05) is 25.4 Å². The van der Waals surface area contributed by atoms with Gasteiger partial charge in [-0.25, -0.2) is 0 Å². The summed E-state index contributed by atoms with van der Waals surface area (Å²) in [6.07, 6.45) is 0. The molecule has 1 aliphatic rings. The van der Waals surface area contributed by atoms with E-state index in [1.807, 2.05) is 11.8 Å². The Hall–Kier alpha value is 0.270. The van der Waals surface area contributed by atoms with Gasteiger partial charge >= 0.3 is 0 Å². The molecule has 2 nitrogen and oxygen atoms in total. The van der Waals surface area contributed by atoms with Gasteiger partial charge < -0.3 is 5.11 Å². The van der Waals surface area contributed by atoms with Gasteiger partial charge in [-0.1, -0.05) is 0 Å². The fourth-order valence-corrected chi connectivity index (χ4v) is 2.49. The van der Waals surface area contributed by atoms with Crippen molar-refractivity contribution < 1.29 is 5.11 Å². The summed E-state index contributed by atoms with van der Waals surface area (Å²) in [5.41, 5.74) is 0.258. The van der Waals surface area contributed by atoms with E-state index in [1.54, 1.807) is 0 Å². The molecule has 0 aromatic carbocycles. The first-order chi connectivity index (χ1) is 5.54. The smallest absolute Gasteiger partial charge is 0.0562 e. The molecular formula is C9H19NOS. The fraction of sp³-hybridized carbons (Fsp3) is 1.00. The molecule has 0 spiro atoms. The van der Waals surface area contributed by atoms with Gasteiger partial charge in [0, 0.05) is 29.6 Å². The third-order valence-electron chi connectivity index (χ3n) is 2.29. The van der Waals surface area contributed by atoms with E-state index < -0.39 is 0 Å². The average Bonchev–Trinajstić information content (AvgIpc) is 2.03. The monoisotopic (exact) mass is 189 g/mol. The lowest BCUT2D eigenvalue weighted by atomic mass is 10.1. The van der Waals surface area contributed by atoms with E-state index in [4.69, 9.17) is 5.11 Å². The van der Waals surface area contributed by atoms with Crippen molar-refractivity contribution in [1.29, 1.82) is 0 Å². The lowest BCUT2D eigenvalue weighted by Crippen LogP contribution is -2.49. The molecule has 1 heterocycles. The second-order valence-electron chi connectivity index (χ2n) is 4.29. The summed E-state index contributed by atoms with van der Waals surface area (Å²) >= 11 is 1.89. The Balaban J connectivity index is 2.46. The van der Waals surface area contributed by atoms with Crippen LogP contribution in [-0.2, 0) is 0 Å². The van der Waals surface area contributed by atoms with Gasteiger partial charge in [0.25, 0.3) is 0 Å². The fourth-order valence-electron chi connectivity index (χ4n) is 1.44. The molecule has 1 N–H and O–H groups in total. The third kappa shape index (κ3) is 2.64. The van der Waals surface area contributed by atoms with Crippen LogP contribution in [-0.4, -0.2) is 46.2 Å². The molecule has 1 atom stereocenters. The SMILES string of the molecule is CC(C)(C)N1CCSC(CO)C1. The summed E-state index contributed by atoms with van der Waals surface area (Å²) in [5, 5.41) is 9.46. The largest absolute Gasteiger partial charge is 0.395 e. The van der Waals surface area contributed by atoms with Crippen molar-refractivity contribution in [3.05, 3.63) is 0 Å². The van der Waals surface area contributed by atoms with E-state index >= 15 is 0 Å². The second-order valence-corrected chi connectivity index (χ2v) is 5.70. The number of hydrogen-bond acceptors (Lipinski definition) is 3. The molecule has 0 saturated carbocycles. The Morgan fingerprint density at radius 1 is 1.50 bits per heavy atom. The number of aliphatic hydroxyl groups excluding tert-OH is 1. The lowest BCUT2D eigenvalue weighted by molar-refractivity contribution is 0.130. The molecule has 1 rings (SSSR count). The van der Waals surface area contributed by atoms with Gasteiger partial charge in [-0.05, 0) is 20.8 Å². The van der Waals surface area contributed by atoms with E-state index in [1.165, 1.54) is 0 Å². The van der Waals surface area contributed by atoms with Crippen LogP contribution in [0.2, 0.25) is 0 Å². The van der Waals surface area contributed by atoms with Crippen LogP contribution < -0.4 is 0 Å². The van der Waals surface area contributed by atoms with Crippen molar-refractivity contribution in [2.45, 2.75) is 31.6 Å². The highest BCUT2D eigenvalue weighted by Gasteiger charge is 2.27. The summed E-state index contributed by atoms with van der Waals surface area (Å²) in [6.45, 7) is 9.21. The molecule has 1 fully saturated rings. The van der Waals surface area contributed by atoms with Gasteiger partial charge in [0.05, 0.1) is 6.61 Å². The quantitative estimate of drug-likeness (QED) is 0.670. The number of rotatable bonds is 1. The van der Waals surface area contributed by atoms with Gasteiger partial charge in [-0.3, -0.25) is 4.90 Å². The number of aliphatic hydroxyl groups is 1. The van der Waals surface area contributed by atoms with Crippen molar-refractivity contribution >= 4 is 11.8 Å². The van der Waals surface area contributed by atoms with Crippen LogP contribution in [0.3, 0.4) is 0 Å². The Kier molecular flexibility index (Phi) is 3.44. The highest BCUT2D eigenvalue weighted by molar-refractivity contribution is 8.00. The standard InChI is InChI=1S/C9H19NOS/c1-9(2,3)10-4-5-12-8(6-10)7-11/h8,11H,4-7H2,1-3H3. The van der Waals surface area contributed by atoms with Crippen LogP contribution in [0.4, 0.5) is 0 Å². The van der Waals surface area contributed by atoms with E-state index in [0.717, 1.165) is 18.8 Å². The zero-order chi connectivity index (χ0) is 9.19. The maximum atomic E-state index is 9.03. The van der Waals surface area contributed by atoms with Gasteiger partial charge in [-0.2, -0.15) is 11.8 Å². The third-order valence-corrected chi connectivity index (χ3v) is 3.48. The Bertz CT molecular complexity index is 144. The molecule has 72 valence electrons. The van der Waals surface area contributed by atoms with Gasteiger partial charge in [0.15, 0.2) is 0 Å². The zero-order valence-corrected chi connectivity index (χ0v) is 9.02. The summed E-state index contributed by atoms with van der Waals surface area (Å²) in [5.74, 6) is 1.16. The van der Waals surface area contributed by atoms with E-state index in [0.29, 0.717) is 11.9 Å². The van der Waals surface area contributed by atoms with E-state index in [-0.39, 0.29) is 5.54 Å². The molecule has 1 unspecified atom stereocenters. The Labute approximate surface area is 79.3 Å². The van der Waals surface area contributed by atoms with Crippen LogP contribution in [0.25, 0.3) is 0 Å². The number of nitrogens with zero attached hydrogens (tertiary/aromatic N) is 1. The minimum absolute atomic E-state index is 0.258. The number of hydrogen-bond donors (Lipinski definition) is 1. The summed E-state index contributed by atoms with van der Waals surface area (Å²) < 4.78 is 0. The Morgan fingerprint density at radius 3 is 2.67 bits per heavy atom. The molecule has 0 aromatic rings. The molecule has 12 heavy (non-hydrogen) atoms. The molecule has 0 radical (unpaired) electrons. The van der Waals surface area contributed by atoms with Crippen LogP contribution in [0.15, 0.2) is 0 Å². The second kappa shape index (κ2) is 3.99. The lowest BCUT2D eigenvalue weighted by Gasteiger charge is -2.40. The zero-order valence-electron chi connectivity index (χ0n) is 8.21. The molecule has 0 bridgehead atoms. The molecule has 0 aromatic heterocycles. The van der Waals surface area contributed by atoms with E-state index in [9.17, 15) is 0 Å². The highest BCUT2D eigenvalue weighted by atomic mass is 32.2. The highest BCUT2D eigenvalue weighted by Crippen LogP contribution is 2.23. The van der Waals surface area contributed by atoms with Crippen LogP contribution in [0, 0.1) is 0 Å². The van der Waals surface area contributed by atoms with Crippen LogP contribution >= 0.6 is 11.8 Å². The van der Waals surface area contributed by atoms with Gasteiger partial charge in [0.2, 0.25) is 0 Å². The van der Waals surface area contributed by atoms with Crippen molar-refractivity contribution in [3.8, 4) is 0 Å².